The zero-order valence-corrected chi connectivity index (χ0v) is 8.81. The van der Waals surface area contributed by atoms with Crippen LogP contribution in [-0.4, -0.2) is 17.1 Å². The van der Waals surface area contributed by atoms with Gasteiger partial charge in [0.05, 0.1) is 21.7 Å². The van der Waals surface area contributed by atoms with Crippen molar-refractivity contribution in [2.45, 2.75) is 0 Å². The minimum atomic E-state index is -0.603. The van der Waals surface area contributed by atoms with Crippen molar-refractivity contribution in [2.24, 2.45) is 0 Å². The van der Waals surface area contributed by atoms with Crippen LogP contribution < -0.4 is 4.74 Å². The first-order valence-electron chi connectivity index (χ1n) is 3.27. The van der Waals surface area contributed by atoms with Gasteiger partial charge in [0.1, 0.15) is 5.75 Å². The molecule has 0 aliphatic heterocycles. The monoisotopic (exact) mass is 295 g/mol. The number of methoxy groups -OCH3 is 1. The molecule has 1 N–H and O–H groups in total. The first-order chi connectivity index (χ1) is 6.06. The molecule has 6 heteroatoms. The summed E-state index contributed by atoms with van der Waals surface area (Å²) in [6.07, 6.45) is 0. The Morgan fingerprint density at radius 2 is 2.23 bits per heavy atom. The first-order valence-corrected chi connectivity index (χ1v) is 4.35. The van der Waals surface area contributed by atoms with Gasteiger partial charge >= 0.3 is 5.69 Å². The van der Waals surface area contributed by atoms with E-state index in [9.17, 15) is 15.2 Å². The number of aromatic hydroxyl groups is 1. The second-order valence-electron chi connectivity index (χ2n) is 2.23. The SMILES string of the molecule is COc1cc(I)c(O)cc1[N+](=O)[O-]. The van der Waals surface area contributed by atoms with Crippen LogP contribution in [0.5, 0.6) is 11.5 Å². The first kappa shape index (κ1) is 10.0. The third-order valence-electron chi connectivity index (χ3n) is 1.45. The van der Waals surface area contributed by atoms with E-state index in [1.807, 2.05) is 22.6 Å². The highest BCUT2D eigenvalue weighted by molar-refractivity contribution is 14.1. The summed E-state index contributed by atoms with van der Waals surface area (Å²) >= 11 is 1.86. The van der Waals surface area contributed by atoms with Gasteiger partial charge in [0.25, 0.3) is 0 Å². The Labute approximate surface area is 87.6 Å². The maximum atomic E-state index is 10.5. The molecule has 0 bridgehead atoms. The molecule has 0 saturated heterocycles. The van der Waals surface area contributed by atoms with Gasteiger partial charge in [0.15, 0.2) is 5.75 Å². The molecule has 0 heterocycles. The topological polar surface area (TPSA) is 72.6 Å². The van der Waals surface area contributed by atoms with Gasteiger partial charge in [-0.25, -0.2) is 0 Å². The number of phenols is 1. The van der Waals surface area contributed by atoms with Gasteiger partial charge < -0.3 is 9.84 Å². The molecular weight excluding hydrogens is 289 g/mol. The van der Waals surface area contributed by atoms with Gasteiger partial charge in [-0.3, -0.25) is 10.1 Å². The fraction of sp³-hybridized carbons (Fsp3) is 0.143. The molecular formula is C7H6INO4. The number of hydrogen-bond acceptors (Lipinski definition) is 4. The fourth-order valence-corrected chi connectivity index (χ4v) is 1.28. The number of halogens is 1. The van der Waals surface area contributed by atoms with E-state index >= 15 is 0 Å². The van der Waals surface area contributed by atoms with Crippen LogP contribution >= 0.6 is 22.6 Å². The summed E-state index contributed by atoms with van der Waals surface area (Å²) < 4.78 is 5.30. The smallest absolute Gasteiger partial charge is 0.314 e. The van der Waals surface area contributed by atoms with E-state index < -0.39 is 4.92 Å². The highest BCUT2D eigenvalue weighted by Gasteiger charge is 2.17. The average Bonchev–Trinajstić information content (AvgIpc) is 2.08. The lowest BCUT2D eigenvalue weighted by atomic mass is 10.3. The number of nitrogens with zero attached hydrogens (tertiary/aromatic N) is 1. The molecule has 0 aliphatic carbocycles. The number of rotatable bonds is 2. The Morgan fingerprint density at radius 1 is 1.62 bits per heavy atom. The Hall–Kier alpha value is -1.05. The predicted octanol–water partition coefficient (Wildman–Crippen LogP) is 1.91. The van der Waals surface area contributed by atoms with Crippen LogP contribution in [0.15, 0.2) is 12.1 Å². The lowest BCUT2D eigenvalue weighted by Gasteiger charge is -2.03. The lowest BCUT2D eigenvalue weighted by Crippen LogP contribution is -1.94. The minimum absolute atomic E-state index is 0.117. The second kappa shape index (κ2) is 3.77. The third kappa shape index (κ3) is 2.00. The largest absolute Gasteiger partial charge is 0.507 e. The quantitative estimate of drug-likeness (QED) is 0.514. The fourth-order valence-electron chi connectivity index (χ4n) is 0.839. The Balaban J connectivity index is 3.33. The molecule has 70 valence electrons. The number of hydrogen-bond donors (Lipinski definition) is 1. The molecule has 0 amide bonds. The predicted molar refractivity (Wildman–Crippen MR) is 54.0 cm³/mol. The molecule has 1 aromatic carbocycles. The van der Waals surface area contributed by atoms with Crippen LogP contribution in [0.25, 0.3) is 0 Å². The van der Waals surface area contributed by atoms with Crippen molar-refractivity contribution < 1.29 is 14.8 Å². The summed E-state index contributed by atoms with van der Waals surface area (Å²) in [4.78, 5) is 9.85. The highest BCUT2D eigenvalue weighted by atomic mass is 127. The summed E-state index contributed by atoms with van der Waals surface area (Å²) in [5, 5.41) is 19.7. The van der Waals surface area contributed by atoms with Crippen LogP contribution in [-0.2, 0) is 0 Å². The molecule has 13 heavy (non-hydrogen) atoms. The summed E-state index contributed by atoms with van der Waals surface area (Å²) in [5.41, 5.74) is -0.236. The Morgan fingerprint density at radius 3 is 2.69 bits per heavy atom. The molecule has 0 unspecified atom stereocenters. The minimum Gasteiger partial charge on any atom is -0.507 e. The van der Waals surface area contributed by atoms with Crippen LogP contribution in [0.3, 0.4) is 0 Å². The highest BCUT2D eigenvalue weighted by Crippen LogP contribution is 2.34. The number of nitro groups is 1. The molecule has 0 spiro atoms. The van der Waals surface area contributed by atoms with Crippen molar-refractivity contribution in [1.29, 1.82) is 0 Å². The Bertz CT molecular complexity index is 353. The van der Waals surface area contributed by atoms with E-state index in [1.165, 1.54) is 13.2 Å². The molecule has 0 saturated carbocycles. The molecule has 0 aromatic heterocycles. The molecule has 0 atom stereocenters. The second-order valence-corrected chi connectivity index (χ2v) is 3.39. The van der Waals surface area contributed by atoms with Crippen molar-refractivity contribution in [1.82, 2.24) is 0 Å². The maximum Gasteiger partial charge on any atom is 0.314 e. The Kier molecular flexibility index (Phi) is 2.91. The average molecular weight is 295 g/mol. The molecule has 0 radical (unpaired) electrons. The number of ether oxygens (including phenoxy) is 1. The molecule has 1 aromatic rings. The summed E-state index contributed by atoms with van der Waals surface area (Å²) in [6, 6.07) is 2.48. The summed E-state index contributed by atoms with van der Waals surface area (Å²) in [6.45, 7) is 0. The van der Waals surface area contributed by atoms with E-state index in [-0.39, 0.29) is 17.2 Å². The van der Waals surface area contributed by atoms with E-state index in [1.54, 1.807) is 0 Å². The summed E-state index contributed by atoms with van der Waals surface area (Å²) in [7, 11) is 1.34. The lowest BCUT2D eigenvalue weighted by molar-refractivity contribution is -0.385. The van der Waals surface area contributed by atoms with Gasteiger partial charge in [-0.2, -0.15) is 0 Å². The van der Waals surface area contributed by atoms with Crippen molar-refractivity contribution in [3.8, 4) is 11.5 Å². The van der Waals surface area contributed by atoms with E-state index in [4.69, 9.17) is 4.74 Å². The van der Waals surface area contributed by atoms with Crippen LogP contribution in [0.2, 0.25) is 0 Å². The van der Waals surface area contributed by atoms with Crippen molar-refractivity contribution >= 4 is 28.3 Å². The van der Waals surface area contributed by atoms with Crippen LogP contribution in [0, 0.1) is 13.7 Å². The number of phenolic OH excluding ortho intramolecular Hbond substituents is 1. The van der Waals surface area contributed by atoms with Crippen molar-refractivity contribution in [3.05, 3.63) is 25.8 Å². The number of nitro benzene ring substituents is 1. The van der Waals surface area contributed by atoms with Gasteiger partial charge in [-0.15, -0.1) is 0 Å². The normalized spacial score (nSPS) is 9.69. The molecule has 0 aliphatic rings. The number of benzene rings is 1. The van der Waals surface area contributed by atoms with Crippen molar-refractivity contribution in [2.75, 3.05) is 7.11 Å². The standard InChI is InChI=1S/C7H6INO4/c1-13-7-2-4(8)6(10)3-5(7)9(11)12/h2-3,10H,1H3. The third-order valence-corrected chi connectivity index (χ3v) is 2.31. The van der Waals surface area contributed by atoms with Crippen molar-refractivity contribution in [3.63, 3.8) is 0 Å². The molecule has 1 rings (SSSR count). The van der Waals surface area contributed by atoms with Gasteiger partial charge in [-0.05, 0) is 22.6 Å². The molecule has 0 fully saturated rings. The maximum absolute atomic E-state index is 10.5. The zero-order chi connectivity index (χ0) is 10.0. The van der Waals surface area contributed by atoms with E-state index in [0.29, 0.717) is 3.57 Å². The van der Waals surface area contributed by atoms with Gasteiger partial charge in [0.2, 0.25) is 0 Å². The molecule has 5 nitrogen and oxygen atoms in total. The summed E-state index contributed by atoms with van der Waals surface area (Å²) in [5.74, 6) is 0.0281. The van der Waals surface area contributed by atoms with E-state index in [2.05, 4.69) is 0 Å². The van der Waals surface area contributed by atoms with Gasteiger partial charge in [-0.1, -0.05) is 0 Å². The van der Waals surface area contributed by atoms with Crippen LogP contribution in [0.1, 0.15) is 0 Å². The van der Waals surface area contributed by atoms with Crippen LogP contribution in [0.4, 0.5) is 5.69 Å². The van der Waals surface area contributed by atoms with E-state index in [0.717, 1.165) is 6.07 Å². The zero-order valence-electron chi connectivity index (χ0n) is 6.65. The van der Waals surface area contributed by atoms with Gasteiger partial charge in [0, 0.05) is 6.07 Å².